The molecule has 1 aliphatic heterocycles. The van der Waals surface area contributed by atoms with Crippen LogP contribution in [0, 0.1) is 11.3 Å². The van der Waals surface area contributed by atoms with Gasteiger partial charge in [0.05, 0.1) is 24.3 Å². The SMILES string of the molecule is CN1CCO[C@H](CNCc2cccc(C#N)c2)C1. The second-order valence-electron chi connectivity index (χ2n) is 4.70. The van der Waals surface area contributed by atoms with Crippen LogP contribution in [-0.4, -0.2) is 44.3 Å². The summed E-state index contributed by atoms with van der Waals surface area (Å²) in [5.74, 6) is 0. The predicted molar refractivity (Wildman–Crippen MR) is 70.1 cm³/mol. The first-order valence-electron chi connectivity index (χ1n) is 6.28. The summed E-state index contributed by atoms with van der Waals surface area (Å²) in [4.78, 5) is 2.28. The fourth-order valence-electron chi connectivity index (χ4n) is 2.12. The monoisotopic (exact) mass is 245 g/mol. The smallest absolute Gasteiger partial charge is 0.0991 e. The van der Waals surface area contributed by atoms with Gasteiger partial charge in [-0.05, 0) is 24.7 Å². The van der Waals surface area contributed by atoms with Gasteiger partial charge in [-0.15, -0.1) is 0 Å². The molecule has 0 saturated carbocycles. The highest BCUT2D eigenvalue weighted by molar-refractivity contribution is 5.32. The van der Waals surface area contributed by atoms with Crippen molar-refractivity contribution in [2.75, 3.05) is 33.3 Å². The van der Waals surface area contributed by atoms with E-state index in [0.29, 0.717) is 5.56 Å². The van der Waals surface area contributed by atoms with E-state index in [1.165, 1.54) is 0 Å². The minimum atomic E-state index is 0.267. The number of hydrogen-bond acceptors (Lipinski definition) is 4. The minimum Gasteiger partial charge on any atom is -0.374 e. The van der Waals surface area contributed by atoms with Crippen molar-refractivity contribution < 1.29 is 4.74 Å². The molecule has 1 aliphatic rings. The normalized spacial score (nSPS) is 20.6. The second-order valence-corrected chi connectivity index (χ2v) is 4.70. The van der Waals surface area contributed by atoms with Crippen molar-refractivity contribution in [1.29, 1.82) is 5.26 Å². The van der Waals surface area contributed by atoms with Gasteiger partial charge in [0.25, 0.3) is 0 Å². The molecule has 2 rings (SSSR count). The molecule has 1 aromatic carbocycles. The molecular weight excluding hydrogens is 226 g/mol. The molecular formula is C14H19N3O. The number of nitrogens with one attached hydrogen (secondary N) is 1. The highest BCUT2D eigenvalue weighted by Crippen LogP contribution is 2.05. The topological polar surface area (TPSA) is 48.3 Å². The molecule has 0 aromatic heterocycles. The minimum absolute atomic E-state index is 0.267. The second kappa shape index (κ2) is 6.50. The Kier molecular flexibility index (Phi) is 4.71. The number of benzene rings is 1. The quantitative estimate of drug-likeness (QED) is 0.859. The average molecular weight is 245 g/mol. The maximum Gasteiger partial charge on any atom is 0.0991 e. The number of nitrogens with zero attached hydrogens (tertiary/aromatic N) is 2. The molecule has 0 unspecified atom stereocenters. The Hall–Kier alpha value is -1.41. The maximum atomic E-state index is 8.82. The van der Waals surface area contributed by atoms with Gasteiger partial charge in [-0.25, -0.2) is 0 Å². The summed E-state index contributed by atoms with van der Waals surface area (Å²) >= 11 is 0. The molecule has 1 N–H and O–H groups in total. The largest absolute Gasteiger partial charge is 0.374 e. The number of likely N-dealkylation sites (N-methyl/N-ethyl adjacent to an activating group) is 1. The van der Waals surface area contributed by atoms with Crippen LogP contribution < -0.4 is 5.32 Å². The van der Waals surface area contributed by atoms with Gasteiger partial charge < -0.3 is 15.0 Å². The third-order valence-electron chi connectivity index (χ3n) is 3.10. The van der Waals surface area contributed by atoms with Crippen molar-refractivity contribution in [1.82, 2.24) is 10.2 Å². The standard InChI is InChI=1S/C14H19N3O/c1-17-5-6-18-14(11-17)10-16-9-13-4-2-3-12(7-13)8-15/h2-4,7,14,16H,5-6,9-11H2,1H3/t14-/m1/s1. The highest BCUT2D eigenvalue weighted by atomic mass is 16.5. The van der Waals surface area contributed by atoms with Gasteiger partial charge in [-0.1, -0.05) is 12.1 Å². The molecule has 1 atom stereocenters. The lowest BCUT2D eigenvalue weighted by molar-refractivity contribution is -0.0182. The van der Waals surface area contributed by atoms with Gasteiger partial charge in [0, 0.05) is 26.2 Å². The van der Waals surface area contributed by atoms with Crippen LogP contribution in [-0.2, 0) is 11.3 Å². The first-order valence-corrected chi connectivity index (χ1v) is 6.28. The number of hydrogen-bond donors (Lipinski definition) is 1. The summed E-state index contributed by atoms with van der Waals surface area (Å²) in [5, 5.41) is 12.2. The van der Waals surface area contributed by atoms with Crippen LogP contribution in [0.1, 0.15) is 11.1 Å². The van der Waals surface area contributed by atoms with Crippen molar-refractivity contribution in [3.05, 3.63) is 35.4 Å². The van der Waals surface area contributed by atoms with E-state index in [-0.39, 0.29) is 6.10 Å². The van der Waals surface area contributed by atoms with Crippen molar-refractivity contribution >= 4 is 0 Å². The van der Waals surface area contributed by atoms with Gasteiger partial charge in [-0.2, -0.15) is 5.26 Å². The van der Waals surface area contributed by atoms with Crippen molar-refractivity contribution in [2.24, 2.45) is 0 Å². The summed E-state index contributed by atoms with van der Waals surface area (Å²) in [5.41, 5.74) is 1.85. The highest BCUT2D eigenvalue weighted by Gasteiger charge is 2.16. The summed E-state index contributed by atoms with van der Waals surface area (Å²) < 4.78 is 5.67. The van der Waals surface area contributed by atoms with E-state index in [1.807, 2.05) is 24.3 Å². The third-order valence-corrected chi connectivity index (χ3v) is 3.10. The van der Waals surface area contributed by atoms with Gasteiger partial charge in [0.15, 0.2) is 0 Å². The molecule has 96 valence electrons. The zero-order valence-corrected chi connectivity index (χ0v) is 10.7. The van der Waals surface area contributed by atoms with Crippen molar-refractivity contribution in [3.63, 3.8) is 0 Å². The molecule has 4 nitrogen and oxygen atoms in total. The Morgan fingerprint density at radius 3 is 3.22 bits per heavy atom. The first kappa shape index (κ1) is 13.0. The number of nitriles is 1. The molecule has 1 heterocycles. The van der Waals surface area contributed by atoms with E-state index >= 15 is 0 Å². The molecule has 0 amide bonds. The van der Waals surface area contributed by atoms with Gasteiger partial charge >= 0.3 is 0 Å². The van der Waals surface area contributed by atoms with Crippen LogP contribution >= 0.6 is 0 Å². The summed E-state index contributed by atoms with van der Waals surface area (Å²) in [6.07, 6.45) is 0.267. The van der Waals surface area contributed by atoms with E-state index in [1.54, 1.807) is 0 Å². The van der Waals surface area contributed by atoms with Crippen LogP contribution in [0.2, 0.25) is 0 Å². The van der Waals surface area contributed by atoms with Crippen LogP contribution in [0.5, 0.6) is 0 Å². The van der Waals surface area contributed by atoms with Crippen LogP contribution in [0.25, 0.3) is 0 Å². The van der Waals surface area contributed by atoms with Crippen LogP contribution in [0.15, 0.2) is 24.3 Å². The Balaban J connectivity index is 1.76. The number of morpholine rings is 1. The summed E-state index contributed by atoms with van der Waals surface area (Å²) in [6, 6.07) is 9.84. The van der Waals surface area contributed by atoms with Gasteiger partial charge in [0.1, 0.15) is 0 Å². The zero-order chi connectivity index (χ0) is 12.8. The van der Waals surface area contributed by atoms with Crippen LogP contribution in [0.3, 0.4) is 0 Å². The Morgan fingerprint density at radius 1 is 1.56 bits per heavy atom. The fraction of sp³-hybridized carbons (Fsp3) is 0.500. The van der Waals surface area contributed by atoms with E-state index in [0.717, 1.165) is 38.3 Å². The van der Waals surface area contributed by atoms with Crippen molar-refractivity contribution in [2.45, 2.75) is 12.6 Å². The Bertz CT molecular complexity index is 427. The molecule has 0 aliphatic carbocycles. The molecule has 0 bridgehead atoms. The molecule has 0 radical (unpaired) electrons. The number of rotatable bonds is 4. The lowest BCUT2D eigenvalue weighted by atomic mass is 10.1. The molecule has 18 heavy (non-hydrogen) atoms. The molecule has 1 fully saturated rings. The van der Waals surface area contributed by atoms with Gasteiger partial charge in [-0.3, -0.25) is 0 Å². The van der Waals surface area contributed by atoms with E-state index < -0.39 is 0 Å². The first-order chi connectivity index (χ1) is 8.78. The molecule has 4 heteroatoms. The van der Waals surface area contributed by atoms with E-state index in [9.17, 15) is 0 Å². The summed E-state index contributed by atoms with van der Waals surface area (Å²) in [7, 11) is 2.12. The Morgan fingerprint density at radius 2 is 2.44 bits per heavy atom. The summed E-state index contributed by atoms with van der Waals surface area (Å²) in [6.45, 7) is 4.43. The lowest BCUT2D eigenvalue weighted by Crippen LogP contribution is -2.44. The van der Waals surface area contributed by atoms with Crippen molar-refractivity contribution in [3.8, 4) is 6.07 Å². The number of ether oxygens (including phenoxy) is 1. The predicted octanol–water partition coefficient (Wildman–Crippen LogP) is 0.978. The third kappa shape index (κ3) is 3.81. The zero-order valence-electron chi connectivity index (χ0n) is 10.7. The van der Waals surface area contributed by atoms with Gasteiger partial charge in [0.2, 0.25) is 0 Å². The molecule has 1 saturated heterocycles. The maximum absolute atomic E-state index is 8.82. The average Bonchev–Trinajstić information content (AvgIpc) is 2.39. The lowest BCUT2D eigenvalue weighted by Gasteiger charge is -2.30. The van der Waals surface area contributed by atoms with E-state index in [4.69, 9.17) is 10.00 Å². The van der Waals surface area contributed by atoms with E-state index in [2.05, 4.69) is 23.3 Å². The Labute approximate surface area is 108 Å². The fourth-order valence-corrected chi connectivity index (χ4v) is 2.12. The van der Waals surface area contributed by atoms with Crippen LogP contribution in [0.4, 0.5) is 0 Å². The molecule has 0 spiro atoms. The molecule has 1 aromatic rings.